The van der Waals surface area contributed by atoms with Crippen LogP contribution in [0.1, 0.15) is 129 Å². The first kappa shape index (κ1) is 27.7. The maximum absolute atomic E-state index is 6.71. The number of hydrogen-bond acceptors (Lipinski definition) is 0. The summed E-state index contributed by atoms with van der Waals surface area (Å²) in [6, 6.07) is 0. The number of unbranched alkanes of at least 4 members (excludes halogenated alkanes) is 14. The molecule has 0 saturated carbocycles. The molecule has 0 saturated heterocycles. The Morgan fingerprint density at radius 2 is 0.724 bits per heavy atom. The van der Waals surface area contributed by atoms with E-state index < -0.39 is 0 Å². The molecule has 0 unspecified atom stereocenters. The van der Waals surface area contributed by atoms with E-state index in [-0.39, 0.29) is 5.41 Å². The fraction of sp³-hybridized carbons (Fsp3) is 0.840. The Morgan fingerprint density at radius 3 is 1.03 bits per heavy atom. The van der Waals surface area contributed by atoms with Crippen molar-refractivity contribution in [2.24, 2.45) is 5.41 Å². The monoisotopic (exact) mass is 482 g/mol. The van der Waals surface area contributed by atoms with Crippen LogP contribution in [-0.4, -0.2) is 0 Å². The van der Waals surface area contributed by atoms with Gasteiger partial charge in [-0.25, -0.2) is 0 Å². The molecule has 1 aliphatic rings. The lowest BCUT2D eigenvalue weighted by atomic mass is 9.78. The van der Waals surface area contributed by atoms with E-state index >= 15 is 0 Å². The minimum Gasteiger partial charge on any atom is -0.0864 e. The van der Waals surface area contributed by atoms with Crippen LogP contribution in [0.4, 0.5) is 0 Å². The third-order valence-electron chi connectivity index (χ3n) is 6.33. The lowest BCUT2D eigenvalue weighted by Crippen LogP contribution is -2.20. The average Bonchev–Trinajstić information content (AvgIpc) is 2.88. The van der Waals surface area contributed by atoms with Gasteiger partial charge in [0, 0.05) is 15.5 Å². The highest BCUT2D eigenvalue weighted by atomic mass is 35.5. The average molecular weight is 484 g/mol. The summed E-state index contributed by atoms with van der Waals surface area (Å²) < 4.78 is 0. The molecule has 0 aromatic heterocycles. The van der Waals surface area contributed by atoms with Gasteiger partial charge in [0.05, 0.1) is 10.1 Å². The number of hydrogen-bond donors (Lipinski definition) is 0. The highest BCUT2D eigenvalue weighted by Crippen LogP contribution is 2.58. The molecule has 1 aliphatic carbocycles. The minimum atomic E-state index is -0.332. The van der Waals surface area contributed by atoms with Crippen molar-refractivity contribution in [1.82, 2.24) is 0 Å². The van der Waals surface area contributed by atoms with E-state index in [9.17, 15) is 0 Å². The predicted octanol–water partition coefficient (Wildman–Crippen LogP) is 11.4. The number of halogens is 4. The molecule has 1 rings (SSSR count). The molecule has 29 heavy (non-hydrogen) atoms. The van der Waals surface area contributed by atoms with Gasteiger partial charge in [0.15, 0.2) is 0 Å². The van der Waals surface area contributed by atoms with Crippen molar-refractivity contribution < 1.29 is 0 Å². The van der Waals surface area contributed by atoms with Crippen molar-refractivity contribution in [1.29, 1.82) is 0 Å². The maximum atomic E-state index is 6.71. The summed E-state index contributed by atoms with van der Waals surface area (Å²) in [7, 11) is 0. The van der Waals surface area contributed by atoms with Crippen LogP contribution >= 0.6 is 46.4 Å². The molecule has 0 radical (unpaired) electrons. The zero-order chi connectivity index (χ0) is 21.5. The summed E-state index contributed by atoms with van der Waals surface area (Å²) in [6.45, 7) is 4.52. The Labute approximate surface area is 200 Å². The van der Waals surface area contributed by atoms with Crippen molar-refractivity contribution >= 4 is 46.4 Å². The van der Waals surface area contributed by atoms with Crippen molar-refractivity contribution in [2.45, 2.75) is 129 Å². The van der Waals surface area contributed by atoms with E-state index in [1.54, 1.807) is 0 Å². The third kappa shape index (κ3) is 9.34. The summed E-state index contributed by atoms with van der Waals surface area (Å²) in [4.78, 5) is 0. The summed E-state index contributed by atoms with van der Waals surface area (Å²) in [5, 5.41) is 2.30. The van der Waals surface area contributed by atoms with Crippen molar-refractivity contribution in [3.63, 3.8) is 0 Å². The summed E-state index contributed by atoms with van der Waals surface area (Å²) >= 11 is 26.2. The van der Waals surface area contributed by atoms with Gasteiger partial charge in [-0.1, -0.05) is 163 Å². The van der Waals surface area contributed by atoms with E-state index in [0.717, 1.165) is 25.7 Å². The zero-order valence-corrected chi connectivity index (χ0v) is 21.8. The lowest BCUT2D eigenvalue weighted by Gasteiger charge is -2.31. The fourth-order valence-corrected chi connectivity index (χ4v) is 5.85. The van der Waals surface area contributed by atoms with Crippen LogP contribution in [-0.2, 0) is 0 Å². The van der Waals surface area contributed by atoms with Crippen molar-refractivity contribution in [3.8, 4) is 0 Å². The normalized spacial score (nSPS) is 16.3. The third-order valence-corrected chi connectivity index (χ3v) is 8.48. The fourth-order valence-electron chi connectivity index (χ4n) is 4.39. The van der Waals surface area contributed by atoms with Crippen molar-refractivity contribution in [2.75, 3.05) is 0 Å². The highest BCUT2D eigenvalue weighted by Gasteiger charge is 2.44. The van der Waals surface area contributed by atoms with E-state index in [0.29, 0.717) is 20.1 Å². The van der Waals surface area contributed by atoms with Crippen LogP contribution in [0, 0.1) is 5.41 Å². The van der Waals surface area contributed by atoms with Gasteiger partial charge >= 0.3 is 0 Å². The maximum Gasteiger partial charge on any atom is 0.0759 e. The molecule has 170 valence electrons. The number of rotatable bonds is 18. The Hall–Kier alpha value is 0.640. The lowest BCUT2D eigenvalue weighted by molar-refractivity contribution is 0.360. The van der Waals surface area contributed by atoms with Gasteiger partial charge < -0.3 is 0 Å². The Bertz CT molecular complexity index is 461. The quantitative estimate of drug-likeness (QED) is 0.170. The van der Waals surface area contributed by atoms with Gasteiger partial charge in [-0.05, 0) is 12.8 Å². The Kier molecular flexibility index (Phi) is 15.6. The van der Waals surface area contributed by atoms with Crippen LogP contribution in [0.15, 0.2) is 20.1 Å². The second-order valence-electron chi connectivity index (χ2n) is 8.79. The molecule has 0 aliphatic heterocycles. The molecule has 0 bridgehead atoms. The molecule has 0 aromatic rings. The van der Waals surface area contributed by atoms with Crippen LogP contribution in [0.2, 0.25) is 0 Å². The first-order chi connectivity index (χ1) is 14.0. The van der Waals surface area contributed by atoms with Gasteiger partial charge in [0.25, 0.3) is 0 Å². The zero-order valence-electron chi connectivity index (χ0n) is 18.7. The summed E-state index contributed by atoms with van der Waals surface area (Å²) in [5.74, 6) is 0. The molecule has 0 fully saturated rings. The number of allylic oxidation sites excluding steroid dienone is 4. The molecule has 0 nitrogen and oxygen atoms in total. The van der Waals surface area contributed by atoms with Gasteiger partial charge in [0.1, 0.15) is 0 Å². The smallest absolute Gasteiger partial charge is 0.0759 e. The molecule has 0 spiro atoms. The molecule has 0 N–H and O–H groups in total. The first-order valence-electron chi connectivity index (χ1n) is 12.1. The molecule has 0 aromatic carbocycles. The molecular weight excluding hydrogens is 442 g/mol. The molecule has 0 amide bonds. The Balaban J connectivity index is 2.45. The second kappa shape index (κ2) is 16.3. The van der Waals surface area contributed by atoms with E-state index in [1.165, 1.54) is 89.9 Å². The summed E-state index contributed by atoms with van der Waals surface area (Å²) in [6.07, 6.45) is 22.7. The largest absolute Gasteiger partial charge is 0.0864 e. The van der Waals surface area contributed by atoms with E-state index in [1.807, 2.05) is 0 Å². The standard InChI is InChI=1S/C25H42Cl4/c1-3-5-7-9-11-13-15-17-19-25(23(28)21(26)22(27)24(25)29)20-18-16-14-12-10-8-6-4-2/h3-20H2,1-2H3. The minimum absolute atomic E-state index is 0.332. The van der Waals surface area contributed by atoms with Gasteiger partial charge in [0.2, 0.25) is 0 Å². The van der Waals surface area contributed by atoms with E-state index in [4.69, 9.17) is 46.4 Å². The van der Waals surface area contributed by atoms with Gasteiger partial charge in [-0.2, -0.15) is 0 Å². The first-order valence-corrected chi connectivity index (χ1v) is 13.6. The molecular formula is C25H42Cl4. The topological polar surface area (TPSA) is 0 Å². The second-order valence-corrected chi connectivity index (χ2v) is 10.3. The van der Waals surface area contributed by atoms with Crippen LogP contribution in [0.5, 0.6) is 0 Å². The highest BCUT2D eigenvalue weighted by molar-refractivity contribution is 6.53. The van der Waals surface area contributed by atoms with Crippen molar-refractivity contribution in [3.05, 3.63) is 20.1 Å². The van der Waals surface area contributed by atoms with Gasteiger partial charge in [-0.15, -0.1) is 0 Å². The van der Waals surface area contributed by atoms with Crippen LogP contribution < -0.4 is 0 Å². The predicted molar refractivity (Wildman–Crippen MR) is 134 cm³/mol. The van der Waals surface area contributed by atoms with E-state index in [2.05, 4.69) is 13.8 Å². The molecule has 0 atom stereocenters. The summed E-state index contributed by atoms with van der Waals surface area (Å²) in [5.41, 5.74) is -0.332. The molecule has 0 heterocycles. The Morgan fingerprint density at radius 1 is 0.448 bits per heavy atom. The van der Waals surface area contributed by atoms with Crippen LogP contribution in [0.25, 0.3) is 0 Å². The van der Waals surface area contributed by atoms with Gasteiger partial charge in [-0.3, -0.25) is 0 Å². The van der Waals surface area contributed by atoms with Crippen LogP contribution in [0.3, 0.4) is 0 Å². The molecule has 4 heteroatoms. The SMILES string of the molecule is CCCCCCCCCCC1(CCCCCCCCCC)C(Cl)=C(Cl)C(Cl)=C1Cl.